The number of para-hydroxylation sites is 2. The van der Waals surface area contributed by atoms with Crippen molar-refractivity contribution < 1.29 is 13.9 Å². The molecular formula is C19H19FN2O2. The van der Waals surface area contributed by atoms with Crippen molar-refractivity contribution in [1.29, 1.82) is 0 Å². The lowest BCUT2D eigenvalue weighted by Gasteiger charge is -2.08. The molecule has 0 aliphatic rings. The third-order valence-electron chi connectivity index (χ3n) is 3.92. The standard InChI is InChI=1S/C19H19FN2O2/c1-13-14(15-6-2-4-8-17(15)22-13)10-11-21-19(23)12-24-18-9-5-3-7-16(18)20/h2-9,22H,10-12H2,1H3,(H,21,23). The number of fused-ring (bicyclic) bond motifs is 1. The molecule has 2 aromatic carbocycles. The first-order valence-electron chi connectivity index (χ1n) is 7.85. The number of aromatic amines is 1. The molecule has 0 atom stereocenters. The van der Waals surface area contributed by atoms with Crippen LogP contribution in [-0.4, -0.2) is 24.0 Å². The van der Waals surface area contributed by atoms with Gasteiger partial charge in [-0.1, -0.05) is 30.3 Å². The number of carbonyl (C=O) groups is 1. The zero-order valence-electron chi connectivity index (χ0n) is 13.4. The molecule has 1 amide bonds. The fourth-order valence-electron chi connectivity index (χ4n) is 2.74. The van der Waals surface area contributed by atoms with Crippen LogP contribution < -0.4 is 10.1 Å². The number of hydrogen-bond acceptors (Lipinski definition) is 2. The SMILES string of the molecule is Cc1[nH]c2ccccc2c1CCNC(=O)COc1ccccc1F. The Balaban J connectivity index is 1.51. The number of aryl methyl sites for hydroxylation is 1. The molecule has 4 nitrogen and oxygen atoms in total. The van der Waals surface area contributed by atoms with E-state index in [0.717, 1.165) is 17.6 Å². The molecule has 24 heavy (non-hydrogen) atoms. The van der Waals surface area contributed by atoms with E-state index in [4.69, 9.17) is 4.74 Å². The van der Waals surface area contributed by atoms with Crippen molar-refractivity contribution in [3.05, 3.63) is 65.6 Å². The van der Waals surface area contributed by atoms with E-state index in [1.54, 1.807) is 12.1 Å². The van der Waals surface area contributed by atoms with Crippen molar-refractivity contribution in [3.8, 4) is 5.75 Å². The highest BCUT2D eigenvalue weighted by Crippen LogP contribution is 2.21. The quantitative estimate of drug-likeness (QED) is 0.730. The molecule has 0 fully saturated rings. The molecule has 0 saturated heterocycles. The second-order valence-corrected chi connectivity index (χ2v) is 5.59. The molecule has 124 valence electrons. The van der Waals surface area contributed by atoms with Crippen LogP contribution in [0.1, 0.15) is 11.3 Å². The van der Waals surface area contributed by atoms with Crippen LogP contribution in [0, 0.1) is 12.7 Å². The number of nitrogens with one attached hydrogen (secondary N) is 2. The Kier molecular flexibility index (Phi) is 4.79. The van der Waals surface area contributed by atoms with Gasteiger partial charge in [0, 0.05) is 23.1 Å². The molecule has 3 aromatic rings. The molecule has 1 aromatic heterocycles. The highest BCUT2D eigenvalue weighted by molar-refractivity contribution is 5.84. The Labute approximate surface area is 139 Å². The average Bonchev–Trinajstić information content (AvgIpc) is 2.90. The van der Waals surface area contributed by atoms with E-state index in [2.05, 4.69) is 16.4 Å². The van der Waals surface area contributed by atoms with Crippen molar-refractivity contribution in [2.24, 2.45) is 0 Å². The van der Waals surface area contributed by atoms with E-state index < -0.39 is 5.82 Å². The summed E-state index contributed by atoms with van der Waals surface area (Å²) in [7, 11) is 0. The Hall–Kier alpha value is -2.82. The second kappa shape index (κ2) is 7.17. The Morgan fingerprint density at radius 3 is 2.75 bits per heavy atom. The molecule has 3 rings (SSSR count). The van der Waals surface area contributed by atoms with Crippen molar-refractivity contribution in [1.82, 2.24) is 10.3 Å². The van der Waals surface area contributed by atoms with E-state index in [9.17, 15) is 9.18 Å². The molecule has 0 aliphatic heterocycles. The van der Waals surface area contributed by atoms with E-state index in [1.807, 2.05) is 25.1 Å². The average molecular weight is 326 g/mol. The normalized spacial score (nSPS) is 10.8. The number of halogens is 1. The maximum absolute atomic E-state index is 13.4. The predicted octanol–water partition coefficient (Wildman–Crippen LogP) is 3.35. The van der Waals surface area contributed by atoms with Crippen molar-refractivity contribution in [2.45, 2.75) is 13.3 Å². The summed E-state index contributed by atoms with van der Waals surface area (Å²) in [6.45, 7) is 2.33. The zero-order valence-corrected chi connectivity index (χ0v) is 13.4. The summed E-state index contributed by atoms with van der Waals surface area (Å²) in [5, 5.41) is 3.98. The lowest BCUT2D eigenvalue weighted by atomic mass is 10.1. The van der Waals surface area contributed by atoms with Crippen LogP contribution in [0.3, 0.4) is 0 Å². The van der Waals surface area contributed by atoms with Crippen molar-refractivity contribution in [2.75, 3.05) is 13.2 Å². The fourth-order valence-corrected chi connectivity index (χ4v) is 2.74. The first kappa shape index (κ1) is 16.1. The Morgan fingerprint density at radius 1 is 1.17 bits per heavy atom. The van der Waals surface area contributed by atoms with Crippen LogP contribution in [0.4, 0.5) is 4.39 Å². The lowest BCUT2D eigenvalue weighted by molar-refractivity contribution is -0.123. The first-order chi connectivity index (χ1) is 11.6. The third kappa shape index (κ3) is 3.56. The smallest absolute Gasteiger partial charge is 0.257 e. The summed E-state index contributed by atoms with van der Waals surface area (Å²) >= 11 is 0. The van der Waals surface area contributed by atoms with Crippen LogP contribution in [0.15, 0.2) is 48.5 Å². The summed E-state index contributed by atoms with van der Waals surface area (Å²) in [5.41, 5.74) is 3.40. The summed E-state index contributed by atoms with van der Waals surface area (Å²) in [6, 6.07) is 14.1. The summed E-state index contributed by atoms with van der Waals surface area (Å²) in [5.74, 6) is -0.657. The largest absolute Gasteiger partial charge is 0.481 e. The predicted molar refractivity (Wildman–Crippen MR) is 91.6 cm³/mol. The molecule has 0 spiro atoms. The highest BCUT2D eigenvalue weighted by atomic mass is 19.1. The van der Waals surface area contributed by atoms with Crippen LogP contribution >= 0.6 is 0 Å². The highest BCUT2D eigenvalue weighted by Gasteiger charge is 2.09. The van der Waals surface area contributed by atoms with Crippen molar-refractivity contribution >= 4 is 16.8 Å². The van der Waals surface area contributed by atoms with E-state index in [-0.39, 0.29) is 18.3 Å². The van der Waals surface area contributed by atoms with Gasteiger partial charge in [-0.3, -0.25) is 4.79 Å². The molecule has 5 heteroatoms. The zero-order chi connectivity index (χ0) is 16.9. The Bertz CT molecular complexity index is 857. The number of hydrogen-bond donors (Lipinski definition) is 2. The lowest BCUT2D eigenvalue weighted by Crippen LogP contribution is -2.30. The molecule has 0 saturated carbocycles. The van der Waals surface area contributed by atoms with Gasteiger partial charge in [0.05, 0.1) is 0 Å². The minimum absolute atomic E-state index is 0.0834. The number of amides is 1. The van der Waals surface area contributed by atoms with E-state index >= 15 is 0 Å². The summed E-state index contributed by atoms with van der Waals surface area (Å²) < 4.78 is 18.6. The molecule has 1 heterocycles. The molecule has 0 unspecified atom stereocenters. The van der Waals surface area contributed by atoms with Crippen LogP contribution in [0.5, 0.6) is 5.75 Å². The van der Waals surface area contributed by atoms with Gasteiger partial charge in [-0.2, -0.15) is 0 Å². The van der Waals surface area contributed by atoms with E-state index in [0.29, 0.717) is 6.54 Å². The van der Waals surface area contributed by atoms with E-state index in [1.165, 1.54) is 23.1 Å². The molecular weight excluding hydrogens is 307 g/mol. The van der Waals surface area contributed by atoms with Gasteiger partial charge in [-0.05, 0) is 37.1 Å². The van der Waals surface area contributed by atoms with Gasteiger partial charge >= 0.3 is 0 Å². The number of H-pyrrole nitrogens is 1. The maximum Gasteiger partial charge on any atom is 0.257 e. The number of rotatable bonds is 6. The van der Waals surface area contributed by atoms with Gasteiger partial charge in [0.1, 0.15) is 0 Å². The number of aromatic nitrogens is 1. The van der Waals surface area contributed by atoms with Crippen LogP contribution in [0.2, 0.25) is 0 Å². The minimum Gasteiger partial charge on any atom is -0.481 e. The van der Waals surface area contributed by atoms with Gasteiger partial charge < -0.3 is 15.0 Å². The number of ether oxygens (including phenoxy) is 1. The van der Waals surface area contributed by atoms with Crippen LogP contribution in [0.25, 0.3) is 10.9 Å². The minimum atomic E-state index is -0.472. The summed E-state index contributed by atoms with van der Waals surface area (Å²) in [4.78, 5) is 15.2. The van der Waals surface area contributed by atoms with Gasteiger partial charge in [-0.25, -0.2) is 4.39 Å². The van der Waals surface area contributed by atoms with Crippen molar-refractivity contribution in [3.63, 3.8) is 0 Å². The van der Waals surface area contributed by atoms with Gasteiger partial charge in [0.2, 0.25) is 0 Å². The van der Waals surface area contributed by atoms with Crippen LogP contribution in [-0.2, 0) is 11.2 Å². The molecule has 2 N–H and O–H groups in total. The Morgan fingerprint density at radius 2 is 1.92 bits per heavy atom. The fraction of sp³-hybridized carbons (Fsp3) is 0.211. The van der Waals surface area contributed by atoms with Gasteiger partial charge in [0.15, 0.2) is 18.2 Å². The maximum atomic E-state index is 13.4. The number of carbonyl (C=O) groups excluding carboxylic acids is 1. The van der Waals surface area contributed by atoms with Gasteiger partial charge in [0.25, 0.3) is 5.91 Å². The third-order valence-corrected chi connectivity index (χ3v) is 3.92. The molecule has 0 aliphatic carbocycles. The monoisotopic (exact) mass is 326 g/mol. The first-order valence-corrected chi connectivity index (χ1v) is 7.85. The summed E-state index contributed by atoms with van der Waals surface area (Å²) in [6.07, 6.45) is 0.723. The number of benzene rings is 2. The molecule has 0 bridgehead atoms. The van der Waals surface area contributed by atoms with Gasteiger partial charge in [-0.15, -0.1) is 0 Å². The molecule has 0 radical (unpaired) electrons. The second-order valence-electron chi connectivity index (χ2n) is 5.59. The topological polar surface area (TPSA) is 54.1 Å².